The van der Waals surface area contributed by atoms with Gasteiger partial charge in [-0.1, -0.05) is 49.4 Å². The number of nitrogens with one attached hydrogen (secondary N) is 1. The molecular formula is C16H16NO5S. The molecule has 0 bridgehead atoms. The first kappa shape index (κ1) is 17.0. The number of allylic oxidation sites excluding steroid dienone is 4. The van der Waals surface area contributed by atoms with Crippen molar-refractivity contribution in [2.75, 3.05) is 7.11 Å². The Balaban J connectivity index is 2.58. The summed E-state index contributed by atoms with van der Waals surface area (Å²) in [5, 5.41) is 0. The van der Waals surface area contributed by atoms with E-state index in [1.165, 1.54) is 6.07 Å². The Morgan fingerprint density at radius 3 is 2.65 bits per heavy atom. The van der Waals surface area contributed by atoms with Crippen LogP contribution in [0.15, 0.2) is 53.5 Å². The maximum atomic E-state index is 12.4. The predicted octanol–water partition coefficient (Wildman–Crippen LogP) is 1.84. The molecule has 1 aliphatic carbocycles. The largest absolute Gasteiger partial charge is 0.452 e. The third-order valence-electron chi connectivity index (χ3n) is 3.79. The summed E-state index contributed by atoms with van der Waals surface area (Å²) in [6.07, 6.45) is 7.70. The molecule has 0 aliphatic heterocycles. The van der Waals surface area contributed by atoms with Crippen LogP contribution in [-0.2, 0) is 25.0 Å². The molecule has 121 valence electrons. The van der Waals surface area contributed by atoms with E-state index in [0.29, 0.717) is 5.56 Å². The number of rotatable bonds is 4. The van der Waals surface area contributed by atoms with Crippen molar-refractivity contribution in [1.82, 2.24) is 4.72 Å². The van der Waals surface area contributed by atoms with Crippen LogP contribution < -0.4 is 4.72 Å². The zero-order valence-electron chi connectivity index (χ0n) is 12.6. The average molecular weight is 334 g/mol. The van der Waals surface area contributed by atoms with Crippen molar-refractivity contribution in [3.63, 3.8) is 0 Å². The van der Waals surface area contributed by atoms with Gasteiger partial charge in [0.1, 0.15) is 0 Å². The number of sulfonamides is 1. The lowest BCUT2D eigenvalue weighted by molar-refractivity contribution is 0.177. The van der Waals surface area contributed by atoms with Gasteiger partial charge < -0.3 is 4.74 Å². The lowest BCUT2D eigenvalue weighted by Crippen LogP contribution is -2.36. The van der Waals surface area contributed by atoms with Gasteiger partial charge in [-0.25, -0.2) is 17.9 Å². The van der Waals surface area contributed by atoms with Crippen LogP contribution in [0.5, 0.6) is 0 Å². The number of carbonyl (C=O) groups is 1. The highest BCUT2D eigenvalue weighted by molar-refractivity contribution is 7.90. The lowest BCUT2D eigenvalue weighted by Gasteiger charge is -2.33. The topological polar surface area (TPSA) is 89.5 Å². The summed E-state index contributed by atoms with van der Waals surface area (Å²) >= 11 is 0. The molecule has 2 atom stereocenters. The highest BCUT2D eigenvalue weighted by Gasteiger charge is 2.38. The van der Waals surface area contributed by atoms with Gasteiger partial charge in [0, 0.05) is 5.41 Å². The van der Waals surface area contributed by atoms with Gasteiger partial charge in [0.25, 0.3) is 10.0 Å². The first-order chi connectivity index (χ1) is 10.8. The summed E-state index contributed by atoms with van der Waals surface area (Å²) in [6.45, 7) is 1.75. The van der Waals surface area contributed by atoms with Crippen molar-refractivity contribution in [3.05, 3.63) is 54.1 Å². The molecule has 1 aromatic carbocycles. The van der Waals surface area contributed by atoms with Gasteiger partial charge in [-0.3, -0.25) is 4.79 Å². The minimum absolute atomic E-state index is 0.0897. The Bertz CT molecular complexity index is 781. The summed E-state index contributed by atoms with van der Waals surface area (Å²) in [6, 6.07) is 6.20. The van der Waals surface area contributed by atoms with Crippen molar-refractivity contribution in [2.24, 2.45) is 5.92 Å². The molecule has 6 nitrogen and oxygen atoms in total. The van der Waals surface area contributed by atoms with Gasteiger partial charge in [0.2, 0.25) is 6.29 Å². The molecule has 0 aromatic heterocycles. The second kappa shape index (κ2) is 6.37. The maximum absolute atomic E-state index is 12.4. The molecule has 0 heterocycles. The Morgan fingerprint density at radius 2 is 2.00 bits per heavy atom. The van der Waals surface area contributed by atoms with Gasteiger partial charge in [0.05, 0.1) is 17.9 Å². The van der Waals surface area contributed by atoms with Crippen molar-refractivity contribution in [1.29, 1.82) is 0 Å². The number of hydrogen-bond acceptors (Lipinski definition) is 5. The summed E-state index contributed by atoms with van der Waals surface area (Å²) < 4.78 is 31.1. The van der Waals surface area contributed by atoms with Crippen molar-refractivity contribution in [2.45, 2.75) is 17.2 Å². The number of methoxy groups -OCH3 is 1. The van der Waals surface area contributed by atoms with E-state index in [1.54, 1.807) is 49.4 Å². The molecule has 23 heavy (non-hydrogen) atoms. The van der Waals surface area contributed by atoms with E-state index >= 15 is 0 Å². The molecule has 1 aliphatic rings. The Labute approximate surface area is 134 Å². The van der Waals surface area contributed by atoms with Gasteiger partial charge in [-0.05, 0) is 11.6 Å². The summed E-state index contributed by atoms with van der Waals surface area (Å²) in [5.74, 6) is -0.637. The van der Waals surface area contributed by atoms with Gasteiger partial charge in [0.15, 0.2) is 0 Å². The standard InChI is InChI=1S/C16H16NO5S/c1-16(10-6-5-7-12(16)11-18)13-8-3-4-9-14(13)23(20,21)17-15(19)22-2/h3-10,12H,1-2H3,(H,17,19). The third-order valence-corrected chi connectivity index (χ3v) is 5.16. The molecule has 7 heteroatoms. The van der Waals surface area contributed by atoms with E-state index in [0.717, 1.165) is 7.11 Å². The molecular weight excluding hydrogens is 318 g/mol. The van der Waals surface area contributed by atoms with Crippen LogP contribution in [0, 0.1) is 5.92 Å². The smallest absolute Gasteiger partial charge is 0.420 e. The number of carbonyl (C=O) groups excluding carboxylic acids is 2. The van der Waals surface area contributed by atoms with Crippen LogP contribution in [0.4, 0.5) is 4.79 Å². The van der Waals surface area contributed by atoms with E-state index < -0.39 is 27.4 Å². The van der Waals surface area contributed by atoms with Crippen molar-refractivity contribution in [3.8, 4) is 0 Å². The molecule has 1 radical (unpaired) electrons. The molecule has 0 saturated carbocycles. The first-order valence-electron chi connectivity index (χ1n) is 6.79. The Hall–Kier alpha value is -2.41. The minimum atomic E-state index is -4.13. The third kappa shape index (κ3) is 3.19. The Morgan fingerprint density at radius 1 is 1.30 bits per heavy atom. The van der Waals surface area contributed by atoms with Crippen LogP contribution in [0.25, 0.3) is 0 Å². The first-order valence-corrected chi connectivity index (χ1v) is 8.27. The maximum Gasteiger partial charge on any atom is 0.420 e. The number of ether oxygens (including phenoxy) is 1. The SMILES string of the molecule is COC(=O)NS(=O)(=O)c1ccccc1C1(C)C=CC=CC1[C]=O. The quantitative estimate of drug-likeness (QED) is 0.907. The molecule has 0 spiro atoms. The minimum Gasteiger partial charge on any atom is -0.452 e. The van der Waals surface area contributed by atoms with Crippen molar-refractivity contribution < 1.29 is 22.7 Å². The van der Waals surface area contributed by atoms with E-state index in [9.17, 15) is 18.0 Å². The van der Waals surface area contributed by atoms with E-state index in [1.807, 2.05) is 11.0 Å². The van der Waals surface area contributed by atoms with Gasteiger partial charge in [-0.2, -0.15) is 0 Å². The highest BCUT2D eigenvalue weighted by atomic mass is 32.2. The fraction of sp³-hybridized carbons (Fsp3) is 0.250. The molecule has 1 amide bonds. The molecule has 2 unspecified atom stereocenters. The molecule has 0 saturated heterocycles. The molecule has 2 rings (SSSR count). The normalized spacial score (nSPS) is 23.3. The average Bonchev–Trinajstić information content (AvgIpc) is 2.54. The summed E-state index contributed by atoms with van der Waals surface area (Å²) in [5.41, 5.74) is -0.497. The van der Waals surface area contributed by atoms with Crippen LogP contribution >= 0.6 is 0 Å². The predicted molar refractivity (Wildman–Crippen MR) is 84.0 cm³/mol. The second-order valence-electron chi connectivity index (χ2n) is 5.22. The van der Waals surface area contributed by atoms with Crippen LogP contribution in [-0.4, -0.2) is 27.9 Å². The summed E-state index contributed by atoms with van der Waals surface area (Å²) in [7, 11) is -3.06. The van der Waals surface area contributed by atoms with Crippen LogP contribution in [0.2, 0.25) is 0 Å². The van der Waals surface area contributed by atoms with E-state index in [4.69, 9.17) is 0 Å². The van der Waals surface area contributed by atoms with E-state index in [2.05, 4.69) is 4.74 Å². The fourth-order valence-corrected chi connectivity index (χ4v) is 3.75. The van der Waals surface area contributed by atoms with E-state index in [-0.39, 0.29) is 4.90 Å². The highest BCUT2D eigenvalue weighted by Crippen LogP contribution is 2.39. The zero-order valence-corrected chi connectivity index (χ0v) is 13.5. The molecule has 1 aromatic rings. The van der Waals surface area contributed by atoms with Gasteiger partial charge in [-0.15, -0.1) is 0 Å². The zero-order chi connectivity index (χ0) is 17.1. The fourth-order valence-electron chi connectivity index (χ4n) is 2.51. The Kier molecular flexibility index (Phi) is 4.70. The number of hydrogen-bond donors (Lipinski definition) is 1. The van der Waals surface area contributed by atoms with Crippen LogP contribution in [0.1, 0.15) is 12.5 Å². The molecule has 1 N–H and O–H groups in total. The van der Waals surface area contributed by atoms with Crippen LogP contribution in [0.3, 0.4) is 0 Å². The van der Waals surface area contributed by atoms with Crippen molar-refractivity contribution >= 4 is 22.4 Å². The second-order valence-corrected chi connectivity index (χ2v) is 6.87. The molecule has 0 fully saturated rings. The monoisotopic (exact) mass is 334 g/mol. The number of amides is 1. The lowest BCUT2D eigenvalue weighted by atomic mass is 9.70. The van der Waals surface area contributed by atoms with Gasteiger partial charge >= 0.3 is 6.09 Å². The number of benzene rings is 1. The summed E-state index contributed by atoms with van der Waals surface area (Å²) in [4.78, 5) is 22.5.